The molecule has 64 valence electrons. The van der Waals surface area contributed by atoms with Crippen molar-refractivity contribution in [2.24, 2.45) is 5.92 Å². The predicted molar refractivity (Wildman–Crippen MR) is 45.5 cm³/mol. The quantitative estimate of drug-likeness (QED) is 0.664. The molecular weight excluding hydrogens is 138 g/mol. The zero-order valence-corrected chi connectivity index (χ0v) is 7.61. The first-order valence-electron chi connectivity index (χ1n) is 4.33. The van der Waals surface area contributed by atoms with Crippen LogP contribution < -0.4 is 5.32 Å². The minimum atomic E-state index is -0.107. The van der Waals surface area contributed by atoms with Crippen LogP contribution in [0.5, 0.6) is 0 Å². The fraction of sp³-hybridized carbons (Fsp3) is 0.889. The minimum absolute atomic E-state index is 0.107. The van der Waals surface area contributed by atoms with Crippen LogP contribution in [0.1, 0.15) is 33.6 Å². The van der Waals surface area contributed by atoms with Crippen molar-refractivity contribution in [1.82, 2.24) is 5.32 Å². The molecule has 0 aromatic carbocycles. The third kappa shape index (κ3) is 2.03. The zero-order chi connectivity index (χ0) is 8.48. The molecule has 0 spiro atoms. The van der Waals surface area contributed by atoms with Crippen molar-refractivity contribution in [2.75, 3.05) is 6.54 Å². The van der Waals surface area contributed by atoms with E-state index in [1.54, 1.807) is 6.92 Å². The van der Waals surface area contributed by atoms with Crippen molar-refractivity contribution < 1.29 is 4.79 Å². The number of nitrogens with one attached hydrogen (secondary N) is 1. The number of ketones is 1. The van der Waals surface area contributed by atoms with Gasteiger partial charge in [-0.15, -0.1) is 0 Å². The van der Waals surface area contributed by atoms with Gasteiger partial charge in [0, 0.05) is 0 Å². The van der Waals surface area contributed by atoms with E-state index in [-0.39, 0.29) is 5.54 Å². The first-order valence-corrected chi connectivity index (χ1v) is 4.33. The van der Waals surface area contributed by atoms with E-state index >= 15 is 0 Å². The molecule has 1 N–H and O–H groups in total. The average Bonchev–Trinajstić information content (AvgIpc) is 2.63. The van der Waals surface area contributed by atoms with Crippen LogP contribution in [-0.2, 0) is 4.79 Å². The van der Waals surface area contributed by atoms with Crippen LogP contribution in [0.15, 0.2) is 0 Å². The molecular formula is C9H17NO. The van der Waals surface area contributed by atoms with Crippen LogP contribution in [-0.4, -0.2) is 17.9 Å². The van der Waals surface area contributed by atoms with Crippen LogP contribution in [0.25, 0.3) is 0 Å². The van der Waals surface area contributed by atoms with Crippen molar-refractivity contribution in [3.05, 3.63) is 0 Å². The molecule has 0 aliphatic heterocycles. The summed E-state index contributed by atoms with van der Waals surface area (Å²) >= 11 is 0. The maximum absolute atomic E-state index is 11.1. The van der Waals surface area contributed by atoms with Crippen molar-refractivity contribution in [3.8, 4) is 0 Å². The molecule has 0 saturated heterocycles. The highest BCUT2D eigenvalue weighted by Crippen LogP contribution is 2.36. The highest BCUT2D eigenvalue weighted by molar-refractivity contribution is 5.89. The molecule has 0 aromatic heterocycles. The molecule has 1 rings (SSSR count). The van der Waals surface area contributed by atoms with Crippen molar-refractivity contribution in [2.45, 2.75) is 39.2 Å². The van der Waals surface area contributed by atoms with Crippen LogP contribution in [0.4, 0.5) is 0 Å². The Balaban J connectivity index is 2.31. The van der Waals surface area contributed by atoms with E-state index in [0.717, 1.165) is 19.4 Å². The largest absolute Gasteiger partial charge is 0.305 e. The number of hydrogen-bond acceptors (Lipinski definition) is 2. The van der Waals surface area contributed by atoms with Gasteiger partial charge in [-0.25, -0.2) is 0 Å². The van der Waals surface area contributed by atoms with E-state index in [1.165, 1.54) is 0 Å². The number of carbonyl (C=O) groups excluding carboxylic acids is 1. The summed E-state index contributed by atoms with van der Waals surface area (Å²) in [5.74, 6) is 0.935. The SMILES string of the molecule is CC(=O)C1(NCC(C)C)CC1. The van der Waals surface area contributed by atoms with Crippen LogP contribution in [0, 0.1) is 5.92 Å². The van der Waals surface area contributed by atoms with Gasteiger partial charge in [-0.3, -0.25) is 4.79 Å². The van der Waals surface area contributed by atoms with Crippen LogP contribution in [0.2, 0.25) is 0 Å². The fourth-order valence-electron chi connectivity index (χ4n) is 1.18. The summed E-state index contributed by atoms with van der Waals surface area (Å²) in [6.07, 6.45) is 2.07. The molecule has 2 heteroatoms. The van der Waals surface area contributed by atoms with E-state index in [1.807, 2.05) is 0 Å². The number of hydrogen-bond donors (Lipinski definition) is 1. The van der Waals surface area contributed by atoms with E-state index in [9.17, 15) is 4.79 Å². The molecule has 0 heterocycles. The second-order valence-corrected chi connectivity index (χ2v) is 3.91. The summed E-state index contributed by atoms with van der Waals surface area (Å²) in [6.45, 7) is 6.95. The Labute approximate surface area is 68.4 Å². The van der Waals surface area contributed by atoms with Gasteiger partial charge in [0.2, 0.25) is 0 Å². The highest BCUT2D eigenvalue weighted by atomic mass is 16.1. The second-order valence-electron chi connectivity index (χ2n) is 3.91. The number of carbonyl (C=O) groups is 1. The van der Waals surface area contributed by atoms with Gasteiger partial charge < -0.3 is 5.32 Å². The third-order valence-electron chi connectivity index (χ3n) is 2.27. The molecule has 0 aromatic rings. The molecule has 0 amide bonds. The Kier molecular flexibility index (Phi) is 2.33. The Morgan fingerprint density at radius 1 is 1.55 bits per heavy atom. The van der Waals surface area contributed by atoms with Gasteiger partial charge in [-0.2, -0.15) is 0 Å². The van der Waals surface area contributed by atoms with Gasteiger partial charge in [-0.1, -0.05) is 13.8 Å². The normalized spacial score (nSPS) is 20.4. The van der Waals surface area contributed by atoms with Gasteiger partial charge in [0.25, 0.3) is 0 Å². The van der Waals surface area contributed by atoms with Gasteiger partial charge in [0.1, 0.15) is 5.78 Å². The molecule has 0 radical (unpaired) electrons. The molecule has 11 heavy (non-hydrogen) atoms. The van der Waals surface area contributed by atoms with Crippen molar-refractivity contribution >= 4 is 5.78 Å². The van der Waals surface area contributed by atoms with Gasteiger partial charge in [0.05, 0.1) is 5.54 Å². The Hall–Kier alpha value is -0.370. The summed E-state index contributed by atoms with van der Waals surface area (Å²) in [6, 6.07) is 0. The molecule has 1 aliphatic carbocycles. The Morgan fingerprint density at radius 2 is 2.09 bits per heavy atom. The first kappa shape index (κ1) is 8.72. The van der Waals surface area contributed by atoms with E-state index in [4.69, 9.17) is 0 Å². The van der Waals surface area contributed by atoms with Gasteiger partial charge in [0.15, 0.2) is 0 Å². The first-order chi connectivity index (χ1) is 5.07. The van der Waals surface area contributed by atoms with Crippen LogP contribution >= 0.6 is 0 Å². The Bertz CT molecular complexity index is 159. The van der Waals surface area contributed by atoms with Crippen LogP contribution in [0.3, 0.4) is 0 Å². The summed E-state index contributed by atoms with van der Waals surface area (Å²) in [5.41, 5.74) is -0.107. The second kappa shape index (κ2) is 2.94. The summed E-state index contributed by atoms with van der Waals surface area (Å²) in [4.78, 5) is 11.1. The molecule has 1 saturated carbocycles. The van der Waals surface area contributed by atoms with Gasteiger partial charge >= 0.3 is 0 Å². The molecule has 0 atom stereocenters. The molecule has 1 fully saturated rings. The lowest BCUT2D eigenvalue weighted by Crippen LogP contribution is -2.39. The van der Waals surface area contributed by atoms with E-state index < -0.39 is 0 Å². The molecule has 0 bridgehead atoms. The van der Waals surface area contributed by atoms with Crippen molar-refractivity contribution in [3.63, 3.8) is 0 Å². The van der Waals surface area contributed by atoms with Crippen molar-refractivity contribution in [1.29, 1.82) is 0 Å². The maximum Gasteiger partial charge on any atom is 0.149 e. The zero-order valence-electron chi connectivity index (χ0n) is 7.61. The smallest absolute Gasteiger partial charge is 0.149 e. The standard InChI is InChI=1S/C9H17NO/c1-7(2)6-10-9(4-5-9)8(3)11/h7,10H,4-6H2,1-3H3. The average molecular weight is 155 g/mol. The van der Waals surface area contributed by atoms with Gasteiger partial charge in [-0.05, 0) is 32.2 Å². The lowest BCUT2D eigenvalue weighted by atomic mass is 10.1. The highest BCUT2D eigenvalue weighted by Gasteiger charge is 2.46. The summed E-state index contributed by atoms with van der Waals surface area (Å²) < 4.78 is 0. The third-order valence-corrected chi connectivity index (χ3v) is 2.27. The number of rotatable bonds is 4. The fourth-order valence-corrected chi connectivity index (χ4v) is 1.18. The van der Waals surface area contributed by atoms with E-state index in [2.05, 4.69) is 19.2 Å². The lowest BCUT2D eigenvalue weighted by molar-refractivity contribution is -0.120. The minimum Gasteiger partial charge on any atom is -0.305 e. The Morgan fingerprint density at radius 3 is 2.36 bits per heavy atom. The molecule has 1 aliphatic rings. The lowest BCUT2D eigenvalue weighted by Gasteiger charge is -2.15. The summed E-state index contributed by atoms with van der Waals surface area (Å²) in [7, 11) is 0. The molecule has 0 unspecified atom stereocenters. The summed E-state index contributed by atoms with van der Waals surface area (Å²) in [5, 5.41) is 3.32. The monoisotopic (exact) mass is 155 g/mol. The maximum atomic E-state index is 11.1. The van der Waals surface area contributed by atoms with E-state index in [0.29, 0.717) is 11.7 Å². The topological polar surface area (TPSA) is 29.1 Å². The predicted octanol–water partition coefficient (Wildman–Crippen LogP) is 1.35. The molecule has 2 nitrogen and oxygen atoms in total. The number of Topliss-reactive ketones (excluding diaryl/α,β-unsaturated/α-hetero) is 1.